The number of benzene rings is 1. The Morgan fingerprint density at radius 3 is 2.71 bits per heavy atom. The number of hydrogen-bond acceptors (Lipinski definition) is 3. The maximum Gasteiger partial charge on any atom is 0.233 e. The van der Waals surface area contributed by atoms with Crippen LogP contribution in [0.15, 0.2) is 22.7 Å². The average Bonchev–Trinajstić information content (AvgIpc) is 3.04. The molecule has 0 heterocycles. The van der Waals surface area contributed by atoms with Gasteiger partial charge in [0.25, 0.3) is 0 Å². The molecular weight excluding hydrogens is 304 g/mol. The Balaban J connectivity index is 2.15. The summed E-state index contributed by atoms with van der Waals surface area (Å²) >= 11 is 3.24. The Hall–Kier alpha value is -1.06. The first kappa shape index (κ1) is 12.4. The zero-order valence-corrected chi connectivity index (χ0v) is 11.4. The largest absolute Gasteiger partial charge is 0.282 e. The van der Waals surface area contributed by atoms with Crippen LogP contribution >= 0.6 is 15.9 Å². The van der Waals surface area contributed by atoms with E-state index in [4.69, 9.17) is 5.26 Å². The Morgan fingerprint density at radius 2 is 2.18 bits per heavy atom. The van der Waals surface area contributed by atoms with Crippen molar-refractivity contribution in [1.29, 1.82) is 5.26 Å². The van der Waals surface area contributed by atoms with Crippen LogP contribution in [0.1, 0.15) is 18.4 Å². The van der Waals surface area contributed by atoms with E-state index < -0.39 is 10.0 Å². The van der Waals surface area contributed by atoms with E-state index in [2.05, 4.69) is 20.7 Å². The highest BCUT2D eigenvalue weighted by Gasteiger charge is 2.28. The number of nitrogens with zero attached hydrogens (tertiary/aromatic N) is 1. The van der Waals surface area contributed by atoms with Crippen molar-refractivity contribution in [1.82, 2.24) is 0 Å². The van der Waals surface area contributed by atoms with Gasteiger partial charge in [-0.05, 0) is 52.9 Å². The maximum absolute atomic E-state index is 11.8. The Kier molecular flexibility index (Phi) is 3.40. The zero-order valence-electron chi connectivity index (χ0n) is 8.98. The highest BCUT2D eigenvalue weighted by atomic mass is 79.9. The van der Waals surface area contributed by atoms with Crippen molar-refractivity contribution in [3.05, 3.63) is 28.2 Å². The fourth-order valence-electron chi connectivity index (χ4n) is 1.47. The lowest BCUT2D eigenvalue weighted by Crippen LogP contribution is -2.18. The van der Waals surface area contributed by atoms with Crippen LogP contribution in [0.5, 0.6) is 0 Å². The molecule has 1 N–H and O–H groups in total. The summed E-state index contributed by atoms with van der Waals surface area (Å²) in [6.07, 6.45) is 1.99. The van der Waals surface area contributed by atoms with Crippen LogP contribution in [-0.4, -0.2) is 14.2 Å². The van der Waals surface area contributed by atoms with Gasteiger partial charge < -0.3 is 0 Å². The molecule has 6 heteroatoms. The van der Waals surface area contributed by atoms with Gasteiger partial charge in [-0.25, -0.2) is 8.42 Å². The molecule has 1 aliphatic carbocycles. The van der Waals surface area contributed by atoms with Crippen molar-refractivity contribution in [2.45, 2.75) is 12.8 Å². The minimum absolute atomic E-state index is 0.180. The summed E-state index contributed by atoms with van der Waals surface area (Å²) in [6, 6.07) is 6.76. The van der Waals surface area contributed by atoms with E-state index in [-0.39, 0.29) is 5.75 Å². The van der Waals surface area contributed by atoms with Gasteiger partial charge >= 0.3 is 0 Å². The smallest absolute Gasteiger partial charge is 0.233 e. The van der Waals surface area contributed by atoms with Gasteiger partial charge in [-0.3, -0.25) is 4.72 Å². The van der Waals surface area contributed by atoms with Gasteiger partial charge in [-0.2, -0.15) is 5.26 Å². The molecule has 0 aliphatic heterocycles. The summed E-state index contributed by atoms with van der Waals surface area (Å²) < 4.78 is 26.6. The van der Waals surface area contributed by atoms with Crippen molar-refractivity contribution in [3.8, 4) is 6.07 Å². The number of sulfonamides is 1. The molecule has 0 aromatic heterocycles. The van der Waals surface area contributed by atoms with Gasteiger partial charge in [0.1, 0.15) is 0 Å². The Morgan fingerprint density at radius 1 is 1.47 bits per heavy atom. The summed E-state index contributed by atoms with van der Waals surface area (Å²) in [6.45, 7) is 0. The van der Waals surface area contributed by atoms with Crippen LogP contribution in [-0.2, 0) is 10.0 Å². The summed E-state index contributed by atoms with van der Waals surface area (Å²) in [5, 5.41) is 8.70. The van der Waals surface area contributed by atoms with Crippen molar-refractivity contribution >= 4 is 31.6 Å². The van der Waals surface area contributed by atoms with Gasteiger partial charge in [0.05, 0.1) is 23.1 Å². The quantitative estimate of drug-likeness (QED) is 0.928. The van der Waals surface area contributed by atoms with E-state index in [9.17, 15) is 8.42 Å². The second-order valence-electron chi connectivity index (χ2n) is 4.13. The van der Waals surface area contributed by atoms with Gasteiger partial charge in [-0.15, -0.1) is 0 Å². The van der Waals surface area contributed by atoms with Gasteiger partial charge in [0.15, 0.2) is 0 Å². The molecule has 90 valence electrons. The number of hydrogen-bond donors (Lipinski definition) is 1. The first-order valence-corrected chi connectivity index (χ1v) is 7.65. The molecule has 0 amide bonds. The second-order valence-corrected chi connectivity index (χ2v) is 6.75. The molecule has 2 rings (SSSR count). The van der Waals surface area contributed by atoms with E-state index in [1.54, 1.807) is 18.2 Å². The third-order valence-corrected chi connectivity index (χ3v) is 4.61. The average molecular weight is 315 g/mol. The Labute approximate surface area is 109 Å². The second kappa shape index (κ2) is 4.67. The highest BCUT2D eigenvalue weighted by Crippen LogP contribution is 2.31. The SMILES string of the molecule is N#Cc1ccc(NS(=O)(=O)CC2CC2)c(Br)c1. The highest BCUT2D eigenvalue weighted by molar-refractivity contribution is 9.10. The van der Waals surface area contributed by atoms with Crippen LogP contribution in [0.25, 0.3) is 0 Å². The Bertz CT molecular complexity index is 574. The van der Waals surface area contributed by atoms with Gasteiger partial charge in [-0.1, -0.05) is 0 Å². The molecular formula is C11H11BrN2O2S. The standard InChI is InChI=1S/C11H11BrN2O2S/c12-10-5-9(6-13)3-4-11(10)14-17(15,16)7-8-1-2-8/h3-5,8,14H,1-2,7H2. The fourth-order valence-corrected chi connectivity index (χ4v) is 3.63. The molecule has 0 unspecified atom stereocenters. The van der Waals surface area contributed by atoms with Crippen LogP contribution in [0, 0.1) is 17.2 Å². The number of nitrogens with one attached hydrogen (secondary N) is 1. The van der Waals surface area contributed by atoms with Crippen LogP contribution < -0.4 is 4.72 Å². The lowest BCUT2D eigenvalue weighted by atomic mass is 10.2. The summed E-state index contributed by atoms with van der Waals surface area (Å²) in [5.41, 5.74) is 0.965. The first-order valence-electron chi connectivity index (χ1n) is 5.20. The molecule has 0 radical (unpaired) electrons. The molecule has 1 fully saturated rings. The van der Waals surface area contributed by atoms with Crippen molar-refractivity contribution in [2.24, 2.45) is 5.92 Å². The fraction of sp³-hybridized carbons (Fsp3) is 0.364. The predicted molar refractivity (Wildman–Crippen MR) is 69.0 cm³/mol. The lowest BCUT2D eigenvalue weighted by Gasteiger charge is -2.09. The molecule has 17 heavy (non-hydrogen) atoms. The van der Waals surface area contributed by atoms with Crippen molar-refractivity contribution in [2.75, 3.05) is 10.5 Å². The molecule has 1 aromatic carbocycles. The summed E-state index contributed by atoms with van der Waals surface area (Å²) in [5.74, 6) is 0.490. The minimum atomic E-state index is -3.28. The van der Waals surface area contributed by atoms with Crippen LogP contribution in [0.2, 0.25) is 0 Å². The van der Waals surface area contributed by atoms with E-state index in [1.165, 1.54) is 0 Å². The van der Waals surface area contributed by atoms with Crippen molar-refractivity contribution < 1.29 is 8.42 Å². The molecule has 0 atom stereocenters. The third kappa shape index (κ3) is 3.45. The monoisotopic (exact) mass is 314 g/mol. The topological polar surface area (TPSA) is 70.0 Å². The molecule has 1 saturated carbocycles. The number of rotatable bonds is 4. The van der Waals surface area contributed by atoms with Gasteiger partial charge in [0, 0.05) is 4.47 Å². The van der Waals surface area contributed by atoms with E-state index in [0.717, 1.165) is 12.8 Å². The minimum Gasteiger partial charge on any atom is -0.282 e. The van der Waals surface area contributed by atoms with E-state index >= 15 is 0 Å². The van der Waals surface area contributed by atoms with E-state index in [0.29, 0.717) is 21.6 Å². The zero-order chi connectivity index (χ0) is 12.5. The van der Waals surface area contributed by atoms with Crippen molar-refractivity contribution in [3.63, 3.8) is 0 Å². The summed E-state index contributed by atoms with van der Waals surface area (Å²) in [4.78, 5) is 0. The normalized spacial score (nSPS) is 15.3. The molecule has 1 aliphatic rings. The van der Waals surface area contributed by atoms with Gasteiger partial charge in [0.2, 0.25) is 10.0 Å². The molecule has 1 aromatic rings. The number of nitriles is 1. The summed E-state index contributed by atoms with van der Waals surface area (Å²) in [7, 11) is -3.28. The molecule has 4 nitrogen and oxygen atoms in total. The first-order chi connectivity index (χ1) is 8.00. The lowest BCUT2D eigenvalue weighted by molar-refractivity contribution is 0.597. The predicted octanol–water partition coefficient (Wildman–Crippen LogP) is 2.47. The van der Waals surface area contributed by atoms with Crippen LogP contribution in [0.3, 0.4) is 0 Å². The maximum atomic E-state index is 11.8. The van der Waals surface area contributed by atoms with E-state index in [1.807, 2.05) is 6.07 Å². The number of anilines is 1. The van der Waals surface area contributed by atoms with Crippen LogP contribution in [0.4, 0.5) is 5.69 Å². The molecule has 0 bridgehead atoms. The third-order valence-electron chi connectivity index (χ3n) is 2.52. The molecule has 0 spiro atoms. The molecule has 0 saturated heterocycles. The number of halogens is 1.